The van der Waals surface area contributed by atoms with E-state index in [9.17, 15) is 0 Å². The van der Waals surface area contributed by atoms with Gasteiger partial charge in [-0.3, -0.25) is 0 Å². The smallest absolute Gasteiger partial charge is 0.124 e. The maximum absolute atomic E-state index is 5.95. The number of rotatable bonds is 4. The first-order valence-electron chi connectivity index (χ1n) is 6.34. The normalized spacial score (nSPS) is 20.2. The van der Waals surface area contributed by atoms with Crippen LogP contribution in [0.3, 0.4) is 0 Å². The molecule has 0 amide bonds. The molecule has 1 aromatic rings. The fraction of sp³-hybridized carbons (Fsp3) is 0.571. The minimum atomic E-state index is 0.231. The van der Waals surface area contributed by atoms with E-state index >= 15 is 0 Å². The lowest BCUT2D eigenvalue weighted by molar-refractivity contribution is 0.405. The summed E-state index contributed by atoms with van der Waals surface area (Å²) in [5, 5.41) is 0. The van der Waals surface area contributed by atoms with E-state index in [2.05, 4.69) is 30.9 Å². The second-order valence-electron chi connectivity index (χ2n) is 4.84. The molecule has 0 aliphatic carbocycles. The minimum absolute atomic E-state index is 0.231. The Morgan fingerprint density at radius 3 is 2.88 bits per heavy atom. The van der Waals surface area contributed by atoms with Crippen LogP contribution in [-0.4, -0.2) is 26.2 Å². The molecule has 0 spiro atoms. The second kappa shape index (κ2) is 4.96. The highest BCUT2D eigenvalue weighted by atomic mass is 16.5. The quantitative estimate of drug-likeness (QED) is 0.869. The molecule has 0 bridgehead atoms. The van der Waals surface area contributed by atoms with Crippen LogP contribution in [0, 0.1) is 0 Å². The molecule has 0 saturated carbocycles. The monoisotopic (exact) mass is 234 g/mol. The predicted molar refractivity (Wildman–Crippen MR) is 71.9 cm³/mol. The standard InChI is InChI=1S/C14H22N2O/c1-4-16-9-11(8-10(2)15)14-12(16)6-5-7-13(14)17-3/h5-7,10-11H,4,8-9,15H2,1-3H3. The van der Waals surface area contributed by atoms with E-state index < -0.39 is 0 Å². The first-order chi connectivity index (χ1) is 8.17. The van der Waals surface area contributed by atoms with Crippen LogP contribution in [0.25, 0.3) is 0 Å². The van der Waals surface area contributed by atoms with Crippen molar-refractivity contribution in [1.82, 2.24) is 0 Å². The van der Waals surface area contributed by atoms with E-state index in [4.69, 9.17) is 10.5 Å². The van der Waals surface area contributed by atoms with E-state index in [1.807, 2.05) is 6.07 Å². The van der Waals surface area contributed by atoms with Crippen molar-refractivity contribution in [3.63, 3.8) is 0 Å². The molecule has 1 aliphatic heterocycles. The van der Waals surface area contributed by atoms with Crippen LogP contribution < -0.4 is 15.4 Å². The Labute approximate surface area is 104 Å². The van der Waals surface area contributed by atoms with Crippen LogP contribution in [0.5, 0.6) is 5.75 Å². The van der Waals surface area contributed by atoms with Crippen molar-refractivity contribution in [3.05, 3.63) is 23.8 Å². The number of methoxy groups -OCH3 is 1. The van der Waals surface area contributed by atoms with Crippen molar-refractivity contribution in [2.75, 3.05) is 25.1 Å². The molecule has 0 saturated heterocycles. The van der Waals surface area contributed by atoms with E-state index in [1.165, 1.54) is 11.3 Å². The van der Waals surface area contributed by atoms with Gasteiger partial charge in [0.25, 0.3) is 0 Å². The molecule has 2 rings (SSSR count). The predicted octanol–water partition coefficient (Wildman–Crippen LogP) is 2.36. The molecule has 1 aliphatic rings. The van der Waals surface area contributed by atoms with Gasteiger partial charge in [-0.25, -0.2) is 0 Å². The van der Waals surface area contributed by atoms with Crippen LogP contribution in [0.4, 0.5) is 5.69 Å². The molecule has 2 N–H and O–H groups in total. The summed E-state index contributed by atoms with van der Waals surface area (Å²) in [4.78, 5) is 2.41. The number of fused-ring (bicyclic) bond motifs is 1. The molecule has 0 aromatic heterocycles. The van der Waals surface area contributed by atoms with Crippen molar-refractivity contribution in [2.24, 2.45) is 5.73 Å². The van der Waals surface area contributed by atoms with Crippen LogP contribution in [-0.2, 0) is 0 Å². The van der Waals surface area contributed by atoms with Crippen molar-refractivity contribution in [3.8, 4) is 5.75 Å². The topological polar surface area (TPSA) is 38.5 Å². The van der Waals surface area contributed by atoms with Crippen LogP contribution in [0.1, 0.15) is 31.7 Å². The number of nitrogens with two attached hydrogens (primary N) is 1. The summed E-state index contributed by atoms with van der Waals surface area (Å²) in [6, 6.07) is 6.53. The zero-order valence-corrected chi connectivity index (χ0v) is 10.9. The third kappa shape index (κ3) is 2.25. The Morgan fingerprint density at radius 1 is 1.53 bits per heavy atom. The average molecular weight is 234 g/mol. The van der Waals surface area contributed by atoms with E-state index in [1.54, 1.807) is 7.11 Å². The van der Waals surface area contributed by atoms with Crippen LogP contribution in [0.2, 0.25) is 0 Å². The number of hydrogen-bond donors (Lipinski definition) is 1. The van der Waals surface area contributed by atoms with E-state index in [-0.39, 0.29) is 6.04 Å². The fourth-order valence-corrected chi connectivity index (χ4v) is 2.79. The van der Waals surface area contributed by atoms with Gasteiger partial charge in [0.05, 0.1) is 7.11 Å². The average Bonchev–Trinajstić information content (AvgIpc) is 2.66. The summed E-state index contributed by atoms with van der Waals surface area (Å²) in [6.07, 6.45) is 1.02. The first kappa shape index (κ1) is 12.2. The molecular formula is C14H22N2O. The number of nitrogens with zero attached hydrogens (tertiary/aromatic N) is 1. The third-order valence-corrected chi connectivity index (χ3v) is 3.49. The SMILES string of the molecule is CCN1CC(CC(C)N)c2c(OC)cccc21. The largest absolute Gasteiger partial charge is 0.496 e. The summed E-state index contributed by atoms with van der Waals surface area (Å²) in [6.45, 7) is 6.37. The zero-order valence-electron chi connectivity index (χ0n) is 10.9. The maximum atomic E-state index is 5.95. The van der Waals surface area contributed by atoms with Gasteiger partial charge in [0.1, 0.15) is 5.75 Å². The van der Waals surface area contributed by atoms with Crippen molar-refractivity contribution >= 4 is 5.69 Å². The number of ether oxygens (including phenoxy) is 1. The van der Waals surface area contributed by atoms with Gasteiger partial charge in [-0.05, 0) is 32.4 Å². The Morgan fingerprint density at radius 2 is 2.29 bits per heavy atom. The van der Waals surface area contributed by atoms with Gasteiger partial charge in [0.15, 0.2) is 0 Å². The molecule has 0 fully saturated rings. The molecule has 2 unspecified atom stereocenters. The summed E-state index contributed by atoms with van der Waals surface area (Å²) in [7, 11) is 1.74. The molecule has 1 heterocycles. The Bertz CT molecular complexity index is 390. The van der Waals surface area contributed by atoms with Crippen molar-refractivity contribution < 1.29 is 4.74 Å². The van der Waals surface area contributed by atoms with Gasteiger partial charge in [-0.2, -0.15) is 0 Å². The van der Waals surface area contributed by atoms with Gasteiger partial charge in [0.2, 0.25) is 0 Å². The highest BCUT2D eigenvalue weighted by molar-refractivity contribution is 5.65. The van der Waals surface area contributed by atoms with Gasteiger partial charge < -0.3 is 15.4 Å². The Kier molecular flexibility index (Phi) is 3.57. The maximum Gasteiger partial charge on any atom is 0.124 e. The van der Waals surface area contributed by atoms with Crippen molar-refractivity contribution in [2.45, 2.75) is 32.2 Å². The summed E-state index contributed by atoms with van der Waals surface area (Å²) in [5.74, 6) is 1.50. The summed E-state index contributed by atoms with van der Waals surface area (Å²) < 4.78 is 5.49. The number of anilines is 1. The highest BCUT2D eigenvalue weighted by Gasteiger charge is 2.30. The molecule has 17 heavy (non-hydrogen) atoms. The van der Waals surface area contributed by atoms with Crippen LogP contribution in [0.15, 0.2) is 18.2 Å². The zero-order chi connectivity index (χ0) is 12.4. The molecule has 3 nitrogen and oxygen atoms in total. The van der Waals surface area contributed by atoms with E-state index in [0.717, 1.165) is 25.3 Å². The van der Waals surface area contributed by atoms with Gasteiger partial charge in [-0.1, -0.05) is 6.07 Å². The molecule has 1 aromatic carbocycles. The first-order valence-corrected chi connectivity index (χ1v) is 6.34. The molecule has 94 valence electrons. The number of hydrogen-bond acceptors (Lipinski definition) is 3. The lowest BCUT2D eigenvalue weighted by atomic mass is 9.94. The Balaban J connectivity index is 2.38. The summed E-state index contributed by atoms with van der Waals surface area (Å²) in [5.41, 5.74) is 8.61. The third-order valence-electron chi connectivity index (χ3n) is 3.49. The highest BCUT2D eigenvalue weighted by Crippen LogP contribution is 2.43. The van der Waals surface area contributed by atoms with Gasteiger partial charge in [-0.15, -0.1) is 0 Å². The number of benzene rings is 1. The number of likely N-dealkylation sites (N-methyl/N-ethyl adjacent to an activating group) is 1. The molecule has 2 atom stereocenters. The lowest BCUT2D eigenvalue weighted by Crippen LogP contribution is -2.24. The van der Waals surface area contributed by atoms with Crippen LogP contribution >= 0.6 is 0 Å². The van der Waals surface area contributed by atoms with Gasteiger partial charge in [0, 0.05) is 36.3 Å². The van der Waals surface area contributed by atoms with Gasteiger partial charge >= 0.3 is 0 Å². The minimum Gasteiger partial charge on any atom is -0.496 e. The Hall–Kier alpha value is -1.22. The molecule has 0 radical (unpaired) electrons. The molecular weight excluding hydrogens is 212 g/mol. The molecule has 3 heteroatoms. The summed E-state index contributed by atoms with van der Waals surface area (Å²) >= 11 is 0. The fourth-order valence-electron chi connectivity index (χ4n) is 2.79. The van der Waals surface area contributed by atoms with Crippen molar-refractivity contribution in [1.29, 1.82) is 0 Å². The second-order valence-corrected chi connectivity index (χ2v) is 4.84. The lowest BCUT2D eigenvalue weighted by Gasteiger charge is -2.17. The van der Waals surface area contributed by atoms with E-state index in [0.29, 0.717) is 5.92 Å².